The highest BCUT2D eigenvalue weighted by molar-refractivity contribution is 7.14. The van der Waals surface area contributed by atoms with E-state index in [1.165, 1.54) is 23.8 Å². The van der Waals surface area contributed by atoms with Gasteiger partial charge in [0.05, 0.1) is 5.69 Å². The molecule has 1 aliphatic carbocycles. The van der Waals surface area contributed by atoms with Gasteiger partial charge in [-0.1, -0.05) is 43.0 Å². The highest BCUT2D eigenvalue weighted by Crippen LogP contribution is 2.32. The minimum atomic E-state index is -0.810. The molecule has 2 amide bonds. The summed E-state index contributed by atoms with van der Waals surface area (Å²) in [7, 11) is 0. The van der Waals surface area contributed by atoms with Gasteiger partial charge >= 0.3 is 0 Å². The number of hydrogen-bond donors (Lipinski definition) is 2. The Bertz CT molecular complexity index is 822. The highest BCUT2D eigenvalue weighted by atomic mass is 32.1. The number of aryl methyl sites for hydroxylation is 2. The molecule has 1 aromatic heterocycles. The Morgan fingerprint density at radius 1 is 1.15 bits per heavy atom. The van der Waals surface area contributed by atoms with Crippen LogP contribution < -0.4 is 10.6 Å². The maximum atomic E-state index is 12.9. The maximum Gasteiger partial charge on any atom is 0.251 e. The van der Waals surface area contributed by atoms with Crippen LogP contribution in [0.15, 0.2) is 23.6 Å². The van der Waals surface area contributed by atoms with Gasteiger partial charge in [0.25, 0.3) is 5.91 Å². The molecule has 1 heterocycles. The van der Waals surface area contributed by atoms with Crippen LogP contribution in [0.25, 0.3) is 11.3 Å². The van der Waals surface area contributed by atoms with Crippen LogP contribution in [-0.4, -0.2) is 22.3 Å². The van der Waals surface area contributed by atoms with Crippen LogP contribution >= 0.6 is 11.3 Å². The molecule has 0 atom stereocenters. The van der Waals surface area contributed by atoms with Crippen LogP contribution in [-0.2, 0) is 9.59 Å². The van der Waals surface area contributed by atoms with E-state index in [-0.39, 0.29) is 11.8 Å². The fourth-order valence-corrected chi connectivity index (χ4v) is 4.38. The molecule has 138 valence electrons. The van der Waals surface area contributed by atoms with Crippen molar-refractivity contribution in [2.24, 2.45) is 0 Å². The fourth-order valence-electron chi connectivity index (χ4n) is 3.67. The monoisotopic (exact) mass is 371 g/mol. The standard InChI is InChI=1S/C20H25N3O2S/c1-13-7-8-16(14(2)11-13)17-12-26-19(21-17)22-18(25)20(23-15(3)24)9-5-4-6-10-20/h7-8,11-12H,4-6,9-10H2,1-3H3,(H,23,24)(H,21,22,25). The van der Waals surface area contributed by atoms with E-state index in [1.54, 1.807) is 0 Å². The fraction of sp³-hybridized carbons (Fsp3) is 0.450. The third kappa shape index (κ3) is 3.96. The van der Waals surface area contributed by atoms with Gasteiger partial charge in [-0.2, -0.15) is 0 Å². The largest absolute Gasteiger partial charge is 0.342 e. The van der Waals surface area contributed by atoms with Gasteiger partial charge in [-0.05, 0) is 32.3 Å². The van der Waals surface area contributed by atoms with Crippen LogP contribution in [0, 0.1) is 13.8 Å². The Balaban J connectivity index is 1.79. The number of rotatable bonds is 4. The van der Waals surface area contributed by atoms with E-state index >= 15 is 0 Å². The van der Waals surface area contributed by atoms with Gasteiger partial charge in [0.15, 0.2) is 5.13 Å². The summed E-state index contributed by atoms with van der Waals surface area (Å²) in [6, 6.07) is 6.25. The molecule has 0 aliphatic heterocycles. The zero-order chi connectivity index (χ0) is 18.7. The van der Waals surface area contributed by atoms with Gasteiger partial charge in [-0.3, -0.25) is 14.9 Å². The molecule has 2 N–H and O–H groups in total. The summed E-state index contributed by atoms with van der Waals surface area (Å²) >= 11 is 1.41. The van der Waals surface area contributed by atoms with E-state index < -0.39 is 5.54 Å². The summed E-state index contributed by atoms with van der Waals surface area (Å²) in [6.45, 7) is 5.59. The molecule has 1 aliphatic rings. The number of aromatic nitrogens is 1. The molecule has 0 unspecified atom stereocenters. The second kappa shape index (κ2) is 7.58. The Morgan fingerprint density at radius 3 is 2.54 bits per heavy atom. The van der Waals surface area contributed by atoms with Crippen LogP contribution in [0.3, 0.4) is 0 Å². The number of nitrogens with zero attached hydrogens (tertiary/aromatic N) is 1. The SMILES string of the molecule is CC(=O)NC1(C(=O)Nc2nc(-c3ccc(C)cc3C)cs2)CCCCC1. The van der Waals surface area contributed by atoms with Crippen molar-refractivity contribution in [3.8, 4) is 11.3 Å². The second-order valence-electron chi connectivity index (χ2n) is 7.13. The van der Waals surface area contributed by atoms with Gasteiger partial charge in [-0.25, -0.2) is 4.98 Å². The van der Waals surface area contributed by atoms with Crippen LogP contribution in [0.5, 0.6) is 0 Å². The highest BCUT2D eigenvalue weighted by Gasteiger charge is 2.40. The van der Waals surface area contributed by atoms with Crippen LogP contribution in [0.4, 0.5) is 5.13 Å². The van der Waals surface area contributed by atoms with Crippen molar-refractivity contribution in [2.45, 2.75) is 58.4 Å². The minimum absolute atomic E-state index is 0.158. The number of amides is 2. The first-order valence-corrected chi connectivity index (χ1v) is 9.91. The quantitative estimate of drug-likeness (QED) is 0.846. The van der Waals surface area contributed by atoms with Crippen molar-refractivity contribution in [3.63, 3.8) is 0 Å². The molecule has 2 aromatic rings. The molecule has 1 saturated carbocycles. The average molecular weight is 372 g/mol. The molecular weight excluding hydrogens is 346 g/mol. The normalized spacial score (nSPS) is 16.1. The summed E-state index contributed by atoms with van der Waals surface area (Å²) in [5, 5.41) is 8.35. The zero-order valence-electron chi connectivity index (χ0n) is 15.5. The Morgan fingerprint density at radius 2 is 1.88 bits per heavy atom. The molecule has 1 aromatic carbocycles. The minimum Gasteiger partial charge on any atom is -0.342 e. The predicted octanol–water partition coefficient (Wildman–Crippen LogP) is 4.20. The topological polar surface area (TPSA) is 71.1 Å². The molecule has 1 fully saturated rings. The zero-order valence-corrected chi connectivity index (χ0v) is 16.3. The van der Waals surface area contributed by atoms with Gasteiger partial charge in [0.1, 0.15) is 5.54 Å². The molecule has 0 spiro atoms. The number of hydrogen-bond acceptors (Lipinski definition) is 4. The molecule has 0 radical (unpaired) electrons. The molecule has 0 bridgehead atoms. The van der Waals surface area contributed by atoms with E-state index in [1.807, 2.05) is 5.38 Å². The van der Waals surface area contributed by atoms with Crippen molar-refractivity contribution in [3.05, 3.63) is 34.7 Å². The lowest BCUT2D eigenvalue weighted by Crippen LogP contribution is -2.57. The molecular formula is C20H25N3O2S. The van der Waals surface area contributed by atoms with E-state index in [2.05, 4.69) is 47.7 Å². The van der Waals surface area contributed by atoms with E-state index in [0.29, 0.717) is 18.0 Å². The van der Waals surface area contributed by atoms with Gasteiger partial charge in [-0.15, -0.1) is 11.3 Å². The first kappa shape index (κ1) is 18.6. The van der Waals surface area contributed by atoms with Crippen molar-refractivity contribution < 1.29 is 9.59 Å². The van der Waals surface area contributed by atoms with E-state index in [0.717, 1.165) is 36.1 Å². The average Bonchev–Trinajstić information content (AvgIpc) is 3.03. The Kier molecular flexibility index (Phi) is 5.41. The van der Waals surface area contributed by atoms with Gasteiger partial charge in [0, 0.05) is 17.9 Å². The molecule has 5 nitrogen and oxygen atoms in total. The summed E-state index contributed by atoms with van der Waals surface area (Å²) < 4.78 is 0. The number of carbonyl (C=O) groups excluding carboxylic acids is 2. The predicted molar refractivity (Wildman–Crippen MR) is 105 cm³/mol. The van der Waals surface area contributed by atoms with Crippen molar-refractivity contribution in [1.29, 1.82) is 0 Å². The number of anilines is 1. The summed E-state index contributed by atoms with van der Waals surface area (Å²) in [6.07, 6.45) is 4.34. The number of nitrogens with one attached hydrogen (secondary N) is 2. The lowest BCUT2D eigenvalue weighted by Gasteiger charge is -2.35. The van der Waals surface area contributed by atoms with Crippen molar-refractivity contribution in [1.82, 2.24) is 10.3 Å². The van der Waals surface area contributed by atoms with Crippen molar-refractivity contribution in [2.75, 3.05) is 5.32 Å². The molecule has 26 heavy (non-hydrogen) atoms. The Labute approximate surface area is 158 Å². The summed E-state index contributed by atoms with van der Waals surface area (Å²) in [4.78, 5) is 29.1. The van der Waals surface area contributed by atoms with Crippen molar-refractivity contribution >= 4 is 28.3 Å². The first-order valence-electron chi connectivity index (χ1n) is 9.03. The first-order chi connectivity index (χ1) is 12.4. The maximum absolute atomic E-state index is 12.9. The Hall–Kier alpha value is -2.21. The smallest absolute Gasteiger partial charge is 0.251 e. The van der Waals surface area contributed by atoms with E-state index in [4.69, 9.17) is 0 Å². The molecule has 0 saturated heterocycles. The second-order valence-corrected chi connectivity index (χ2v) is 7.99. The van der Waals surface area contributed by atoms with Crippen LogP contribution in [0.1, 0.15) is 50.2 Å². The number of carbonyl (C=O) groups is 2. The molecule has 6 heteroatoms. The third-order valence-corrected chi connectivity index (χ3v) is 5.70. The van der Waals surface area contributed by atoms with Gasteiger partial charge < -0.3 is 5.32 Å². The summed E-state index contributed by atoms with van der Waals surface area (Å²) in [5.41, 5.74) is 3.50. The lowest BCUT2D eigenvalue weighted by molar-refractivity contribution is -0.130. The summed E-state index contributed by atoms with van der Waals surface area (Å²) in [5.74, 6) is -0.328. The third-order valence-electron chi connectivity index (χ3n) is 4.94. The number of benzene rings is 1. The number of thiazole rings is 1. The molecule has 3 rings (SSSR count). The van der Waals surface area contributed by atoms with Crippen LogP contribution in [0.2, 0.25) is 0 Å². The van der Waals surface area contributed by atoms with E-state index in [9.17, 15) is 9.59 Å². The lowest BCUT2D eigenvalue weighted by atomic mass is 9.81. The van der Waals surface area contributed by atoms with Gasteiger partial charge in [0.2, 0.25) is 5.91 Å².